The Balaban J connectivity index is 1.61. The van der Waals surface area contributed by atoms with Gasteiger partial charge in [0, 0.05) is 25.0 Å². The van der Waals surface area contributed by atoms with E-state index < -0.39 is 0 Å². The Morgan fingerprint density at radius 3 is 2.65 bits per heavy atom. The molecule has 0 aromatic carbocycles. The Labute approximate surface area is 105 Å². The molecule has 0 aliphatic heterocycles. The maximum atomic E-state index is 11.5. The van der Waals surface area contributed by atoms with Crippen molar-refractivity contribution in [2.75, 3.05) is 6.54 Å². The average molecular weight is 238 g/mol. The number of hydrogen-bond acceptors (Lipinski definition) is 2. The highest BCUT2D eigenvalue weighted by Gasteiger charge is 2.27. The van der Waals surface area contributed by atoms with E-state index in [1.54, 1.807) is 0 Å². The minimum absolute atomic E-state index is 0.219. The van der Waals surface area contributed by atoms with Gasteiger partial charge in [-0.1, -0.05) is 26.7 Å². The van der Waals surface area contributed by atoms with Gasteiger partial charge in [-0.2, -0.15) is 0 Å². The maximum Gasteiger partial charge on any atom is 0.221 e. The Morgan fingerprint density at radius 2 is 1.94 bits per heavy atom. The highest BCUT2D eigenvalue weighted by molar-refractivity contribution is 5.76. The smallest absolute Gasteiger partial charge is 0.221 e. The van der Waals surface area contributed by atoms with Crippen LogP contribution in [0.2, 0.25) is 0 Å². The van der Waals surface area contributed by atoms with Gasteiger partial charge < -0.3 is 10.6 Å². The molecule has 3 atom stereocenters. The molecule has 98 valence electrons. The highest BCUT2D eigenvalue weighted by atomic mass is 16.1. The molecule has 0 spiro atoms. The number of rotatable bonds is 5. The van der Waals surface area contributed by atoms with Crippen LogP contribution in [0.15, 0.2) is 0 Å². The van der Waals surface area contributed by atoms with E-state index in [1.807, 2.05) is 0 Å². The van der Waals surface area contributed by atoms with Crippen LogP contribution in [0.4, 0.5) is 0 Å². The molecule has 2 rings (SSSR count). The van der Waals surface area contributed by atoms with Crippen molar-refractivity contribution in [2.24, 2.45) is 11.8 Å². The molecule has 0 bridgehead atoms. The molecule has 2 fully saturated rings. The van der Waals surface area contributed by atoms with Crippen LogP contribution in [0.3, 0.4) is 0 Å². The quantitative estimate of drug-likeness (QED) is 0.770. The van der Waals surface area contributed by atoms with Gasteiger partial charge in [0.2, 0.25) is 5.91 Å². The van der Waals surface area contributed by atoms with Crippen molar-refractivity contribution in [3.05, 3.63) is 0 Å². The van der Waals surface area contributed by atoms with Gasteiger partial charge in [0.15, 0.2) is 0 Å². The van der Waals surface area contributed by atoms with Crippen LogP contribution < -0.4 is 10.6 Å². The fraction of sp³-hybridized carbons (Fsp3) is 0.929. The van der Waals surface area contributed by atoms with E-state index in [0.29, 0.717) is 18.5 Å². The fourth-order valence-electron chi connectivity index (χ4n) is 2.77. The predicted octanol–water partition coefficient (Wildman–Crippen LogP) is 2.07. The van der Waals surface area contributed by atoms with Crippen molar-refractivity contribution in [1.82, 2.24) is 10.6 Å². The third-order valence-electron chi connectivity index (χ3n) is 4.41. The summed E-state index contributed by atoms with van der Waals surface area (Å²) in [7, 11) is 0. The van der Waals surface area contributed by atoms with Crippen LogP contribution in [0.5, 0.6) is 0 Å². The molecule has 0 aromatic rings. The second-order valence-electron chi connectivity index (χ2n) is 5.92. The van der Waals surface area contributed by atoms with Crippen LogP contribution >= 0.6 is 0 Å². The van der Waals surface area contributed by atoms with E-state index in [-0.39, 0.29) is 5.91 Å². The molecule has 3 heteroatoms. The molecule has 0 saturated heterocycles. The normalized spacial score (nSPS) is 33.4. The third kappa shape index (κ3) is 3.98. The molecule has 3 unspecified atom stereocenters. The second kappa shape index (κ2) is 5.85. The van der Waals surface area contributed by atoms with Crippen molar-refractivity contribution in [2.45, 2.75) is 64.5 Å². The minimum atomic E-state index is 0.219. The van der Waals surface area contributed by atoms with Crippen LogP contribution in [0.25, 0.3) is 0 Å². The van der Waals surface area contributed by atoms with E-state index in [9.17, 15) is 4.79 Å². The maximum absolute atomic E-state index is 11.5. The van der Waals surface area contributed by atoms with E-state index in [2.05, 4.69) is 24.5 Å². The topological polar surface area (TPSA) is 41.1 Å². The number of carbonyl (C=O) groups excluding carboxylic acids is 1. The lowest BCUT2D eigenvalue weighted by Crippen LogP contribution is -2.42. The van der Waals surface area contributed by atoms with Crippen molar-refractivity contribution >= 4 is 5.91 Å². The first-order valence-corrected chi connectivity index (χ1v) is 7.19. The molecule has 17 heavy (non-hydrogen) atoms. The van der Waals surface area contributed by atoms with Gasteiger partial charge >= 0.3 is 0 Å². The van der Waals surface area contributed by atoms with Crippen LogP contribution in [-0.2, 0) is 4.79 Å². The van der Waals surface area contributed by atoms with Gasteiger partial charge in [-0.3, -0.25) is 4.79 Å². The minimum Gasteiger partial charge on any atom is -0.353 e. The molecule has 0 radical (unpaired) electrons. The number of amides is 1. The summed E-state index contributed by atoms with van der Waals surface area (Å²) in [6, 6.07) is 1.11. The summed E-state index contributed by atoms with van der Waals surface area (Å²) in [4.78, 5) is 11.5. The first-order chi connectivity index (χ1) is 8.16. The fourth-order valence-corrected chi connectivity index (χ4v) is 2.77. The van der Waals surface area contributed by atoms with Crippen LogP contribution in [-0.4, -0.2) is 24.5 Å². The summed E-state index contributed by atoms with van der Waals surface area (Å²) in [5, 5.41) is 6.60. The summed E-state index contributed by atoms with van der Waals surface area (Å²) in [6.45, 7) is 5.52. The summed E-state index contributed by atoms with van der Waals surface area (Å²) in [5.74, 6) is 1.79. The highest BCUT2D eigenvalue weighted by Crippen LogP contribution is 2.29. The number of carbonyl (C=O) groups is 1. The molecular formula is C14H26N2O. The number of nitrogens with one attached hydrogen (secondary N) is 2. The molecular weight excluding hydrogens is 212 g/mol. The first kappa shape index (κ1) is 12.9. The Hall–Kier alpha value is -0.570. The first-order valence-electron chi connectivity index (χ1n) is 7.19. The zero-order valence-corrected chi connectivity index (χ0v) is 11.2. The molecule has 0 heterocycles. The Morgan fingerprint density at radius 1 is 1.18 bits per heavy atom. The monoisotopic (exact) mass is 238 g/mol. The summed E-state index contributed by atoms with van der Waals surface area (Å²) < 4.78 is 0. The Kier molecular flexibility index (Phi) is 4.43. The SMILES string of the molecule is CC1CCCC(NCCC(=O)NC2CC2)C1C. The molecule has 2 saturated carbocycles. The lowest BCUT2D eigenvalue weighted by atomic mass is 9.78. The van der Waals surface area contributed by atoms with E-state index in [0.717, 1.165) is 18.4 Å². The summed E-state index contributed by atoms with van der Waals surface area (Å²) in [5.41, 5.74) is 0. The van der Waals surface area contributed by atoms with E-state index in [1.165, 1.54) is 32.1 Å². The lowest BCUT2D eigenvalue weighted by molar-refractivity contribution is -0.121. The van der Waals surface area contributed by atoms with Gasteiger partial charge in [-0.25, -0.2) is 0 Å². The molecule has 1 amide bonds. The number of hydrogen-bond donors (Lipinski definition) is 2. The van der Waals surface area contributed by atoms with Crippen molar-refractivity contribution in [3.63, 3.8) is 0 Å². The van der Waals surface area contributed by atoms with E-state index in [4.69, 9.17) is 0 Å². The summed E-state index contributed by atoms with van der Waals surface area (Å²) in [6.07, 6.45) is 6.95. The van der Waals surface area contributed by atoms with Crippen LogP contribution in [0, 0.1) is 11.8 Å². The van der Waals surface area contributed by atoms with E-state index >= 15 is 0 Å². The standard InChI is InChI=1S/C14H26N2O/c1-10-4-3-5-13(11(10)2)15-9-8-14(17)16-12-6-7-12/h10-13,15H,3-9H2,1-2H3,(H,16,17). The molecule has 3 nitrogen and oxygen atoms in total. The van der Waals surface area contributed by atoms with Crippen molar-refractivity contribution in [1.29, 1.82) is 0 Å². The average Bonchev–Trinajstić information content (AvgIpc) is 3.08. The zero-order valence-electron chi connectivity index (χ0n) is 11.2. The third-order valence-corrected chi connectivity index (χ3v) is 4.41. The van der Waals surface area contributed by atoms with Crippen LogP contribution in [0.1, 0.15) is 52.4 Å². The van der Waals surface area contributed by atoms with Crippen molar-refractivity contribution in [3.8, 4) is 0 Å². The van der Waals surface area contributed by atoms with Gasteiger partial charge in [0.25, 0.3) is 0 Å². The second-order valence-corrected chi connectivity index (χ2v) is 5.92. The Bertz CT molecular complexity index is 263. The van der Waals surface area contributed by atoms with Gasteiger partial charge in [0.05, 0.1) is 0 Å². The van der Waals surface area contributed by atoms with Gasteiger partial charge in [-0.15, -0.1) is 0 Å². The molecule has 2 aliphatic rings. The van der Waals surface area contributed by atoms with Gasteiger partial charge in [-0.05, 0) is 31.1 Å². The predicted molar refractivity (Wildman–Crippen MR) is 69.8 cm³/mol. The summed E-state index contributed by atoms with van der Waals surface area (Å²) >= 11 is 0. The lowest BCUT2D eigenvalue weighted by Gasteiger charge is -2.34. The zero-order chi connectivity index (χ0) is 12.3. The van der Waals surface area contributed by atoms with Gasteiger partial charge in [0.1, 0.15) is 0 Å². The molecule has 2 aliphatic carbocycles. The molecule has 2 N–H and O–H groups in total. The largest absolute Gasteiger partial charge is 0.353 e. The van der Waals surface area contributed by atoms with Crippen molar-refractivity contribution < 1.29 is 4.79 Å². The molecule has 0 aromatic heterocycles.